The van der Waals surface area contributed by atoms with Crippen LogP contribution in [0.1, 0.15) is 29.9 Å². The summed E-state index contributed by atoms with van der Waals surface area (Å²) in [5.74, 6) is -0.495. The van der Waals surface area contributed by atoms with Gasteiger partial charge in [0.2, 0.25) is 17.7 Å². The Labute approximate surface area is 160 Å². The number of amides is 2. The molecule has 2 N–H and O–H groups in total. The van der Waals surface area contributed by atoms with E-state index >= 15 is 0 Å². The predicted octanol–water partition coefficient (Wildman–Crippen LogP) is -0.176. The lowest BCUT2D eigenvalue weighted by Crippen LogP contribution is -2.56. The zero-order valence-electron chi connectivity index (χ0n) is 15.2. The Morgan fingerprint density at radius 2 is 2.04 bits per heavy atom. The van der Waals surface area contributed by atoms with Gasteiger partial charge in [-0.3, -0.25) is 9.59 Å². The van der Waals surface area contributed by atoms with Gasteiger partial charge in [-0.05, 0) is 25.2 Å². The van der Waals surface area contributed by atoms with Crippen LogP contribution in [0.5, 0.6) is 0 Å². The summed E-state index contributed by atoms with van der Waals surface area (Å²) in [5.41, 5.74) is 5.15. The molecule has 4 rings (SSSR count). The first-order chi connectivity index (χ1) is 13.5. The average molecular weight is 388 g/mol. The van der Waals surface area contributed by atoms with Crippen molar-refractivity contribution >= 4 is 17.6 Å². The third-order valence-corrected chi connectivity index (χ3v) is 5.37. The summed E-state index contributed by atoms with van der Waals surface area (Å²) in [6.45, 7) is 2.20. The summed E-state index contributed by atoms with van der Waals surface area (Å²) in [6, 6.07) is 0.144. The van der Waals surface area contributed by atoms with Crippen LogP contribution in [0.4, 0.5) is 10.2 Å². The predicted molar refractivity (Wildman–Crippen MR) is 95.6 cm³/mol. The highest BCUT2D eigenvalue weighted by molar-refractivity contribution is 5.88. The van der Waals surface area contributed by atoms with Gasteiger partial charge in [0.25, 0.3) is 5.91 Å². The van der Waals surface area contributed by atoms with E-state index in [1.165, 1.54) is 17.2 Å². The van der Waals surface area contributed by atoms with Gasteiger partial charge in [-0.25, -0.2) is 19.6 Å². The van der Waals surface area contributed by atoms with Gasteiger partial charge < -0.3 is 15.5 Å². The zero-order valence-corrected chi connectivity index (χ0v) is 15.2. The van der Waals surface area contributed by atoms with Crippen LogP contribution in [0.2, 0.25) is 0 Å². The highest BCUT2D eigenvalue weighted by atomic mass is 19.1. The molecule has 2 amide bonds. The molecular formula is C17H21FN8O2. The normalized spacial score (nSPS) is 22.0. The average Bonchev–Trinajstić information content (AvgIpc) is 3.16. The molecule has 0 aliphatic carbocycles. The van der Waals surface area contributed by atoms with Gasteiger partial charge in [-0.15, -0.1) is 5.10 Å². The Morgan fingerprint density at radius 3 is 2.75 bits per heavy atom. The number of nitrogens with two attached hydrogens (primary N) is 1. The lowest BCUT2D eigenvalue weighted by Gasteiger charge is -2.47. The maximum atomic E-state index is 13.0. The van der Waals surface area contributed by atoms with Crippen LogP contribution in [-0.4, -0.2) is 67.1 Å². The van der Waals surface area contributed by atoms with Crippen molar-refractivity contribution in [2.45, 2.75) is 31.8 Å². The lowest BCUT2D eigenvalue weighted by molar-refractivity contribution is -0.137. The molecule has 148 valence electrons. The number of fused-ring (bicyclic) bond motifs is 1. The van der Waals surface area contributed by atoms with Crippen molar-refractivity contribution in [1.82, 2.24) is 29.6 Å². The van der Waals surface area contributed by atoms with E-state index in [-0.39, 0.29) is 24.3 Å². The number of halogens is 1. The minimum atomic E-state index is -0.722. The molecule has 0 aromatic carbocycles. The second kappa shape index (κ2) is 7.49. The molecule has 0 bridgehead atoms. The monoisotopic (exact) mass is 388 g/mol. The molecule has 2 fully saturated rings. The molecule has 0 saturated carbocycles. The standard InChI is InChI=1S/C17H21FN8O2/c18-13-6-21-14(7-20-13)24-5-3-12-11(8-24)2-1-4-26(12)15(27)9-25-10-22-17(23-25)16(19)28/h6-7,10-12H,1-5,8-9H2,(H2,19,28). The van der Waals surface area contributed by atoms with Crippen molar-refractivity contribution in [3.63, 3.8) is 0 Å². The van der Waals surface area contributed by atoms with E-state index < -0.39 is 11.9 Å². The Kier molecular flexibility index (Phi) is 4.88. The molecule has 2 aromatic heterocycles. The van der Waals surface area contributed by atoms with Crippen molar-refractivity contribution in [3.05, 3.63) is 30.5 Å². The van der Waals surface area contributed by atoms with Crippen molar-refractivity contribution in [2.75, 3.05) is 24.5 Å². The molecule has 2 aromatic rings. The zero-order chi connectivity index (χ0) is 19.7. The lowest BCUT2D eigenvalue weighted by atomic mass is 9.83. The first-order valence-corrected chi connectivity index (χ1v) is 9.22. The number of piperidine rings is 2. The number of carbonyl (C=O) groups is 2. The number of likely N-dealkylation sites (tertiary alicyclic amines) is 1. The fourth-order valence-corrected chi connectivity index (χ4v) is 4.10. The van der Waals surface area contributed by atoms with Crippen LogP contribution >= 0.6 is 0 Å². The summed E-state index contributed by atoms with van der Waals surface area (Å²) < 4.78 is 14.4. The Bertz CT molecular complexity index is 870. The molecule has 2 aliphatic rings. The first-order valence-electron chi connectivity index (χ1n) is 9.22. The number of hydrogen-bond acceptors (Lipinski definition) is 7. The maximum Gasteiger partial charge on any atom is 0.288 e. The van der Waals surface area contributed by atoms with Crippen LogP contribution in [0.15, 0.2) is 18.7 Å². The number of nitrogens with zero attached hydrogens (tertiary/aromatic N) is 7. The topological polar surface area (TPSA) is 123 Å². The number of anilines is 1. The number of carbonyl (C=O) groups excluding carboxylic acids is 2. The van der Waals surface area contributed by atoms with E-state index in [4.69, 9.17) is 5.73 Å². The third-order valence-electron chi connectivity index (χ3n) is 5.37. The Morgan fingerprint density at radius 1 is 1.18 bits per heavy atom. The van der Waals surface area contributed by atoms with E-state index in [1.54, 1.807) is 0 Å². The summed E-state index contributed by atoms with van der Waals surface area (Å²) in [5, 5.41) is 3.94. The Hall–Kier alpha value is -3.11. The SMILES string of the molecule is NC(=O)c1ncn(CC(=O)N2CCCC3CN(c4cnc(F)cn4)CCC32)n1. The first kappa shape index (κ1) is 18.3. The van der Waals surface area contributed by atoms with Crippen LogP contribution in [0.3, 0.4) is 0 Å². The van der Waals surface area contributed by atoms with E-state index in [1.807, 2.05) is 4.90 Å². The smallest absolute Gasteiger partial charge is 0.288 e. The summed E-state index contributed by atoms with van der Waals surface area (Å²) in [7, 11) is 0. The third kappa shape index (κ3) is 3.64. The van der Waals surface area contributed by atoms with Crippen LogP contribution in [0, 0.1) is 11.9 Å². The van der Waals surface area contributed by atoms with Crippen LogP contribution < -0.4 is 10.6 Å². The number of hydrogen-bond donors (Lipinski definition) is 1. The molecule has 28 heavy (non-hydrogen) atoms. The molecule has 0 radical (unpaired) electrons. The molecule has 2 unspecified atom stereocenters. The molecule has 11 heteroatoms. The minimum absolute atomic E-state index is 0.0245. The largest absolute Gasteiger partial charge is 0.363 e. The summed E-state index contributed by atoms with van der Waals surface area (Å²) in [6.07, 6.45) is 6.65. The molecule has 0 spiro atoms. The molecule has 2 atom stereocenters. The molecule has 10 nitrogen and oxygen atoms in total. The van der Waals surface area contributed by atoms with Crippen LogP contribution in [0.25, 0.3) is 0 Å². The quantitative estimate of drug-likeness (QED) is 0.771. The van der Waals surface area contributed by atoms with Gasteiger partial charge in [0.15, 0.2) is 0 Å². The Balaban J connectivity index is 1.42. The number of primary amides is 1. The van der Waals surface area contributed by atoms with E-state index in [0.29, 0.717) is 18.3 Å². The molecule has 4 heterocycles. The van der Waals surface area contributed by atoms with Gasteiger partial charge in [0, 0.05) is 25.7 Å². The number of aromatic nitrogens is 5. The van der Waals surface area contributed by atoms with Crippen molar-refractivity contribution in [2.24, 2.45) is 11.7 Å². The van der Waals surface area contributed by atoms with Crippen LogP contribution in [-0.2, 0) is 11.3 Å². The van der Waals surface area contributed by atoms with E-state index in [0.717, 1.165) is 38.5 Å². The molecule has 2 aliphatic heterocycles. The van der Waals surface area contributed by atoms with Gasteiger partial charge in [-0.1, -0.05) is 0 Å². The van der Waals surface area contributed by atoms with E-state index in [9.17, 15) is 14.0 Å². The van der Waals surface area contributed by atoms with Gasteiger partial charge in [0.1, 0.15) is 18.7 Å². The fraction of sp³-hybridized carbons (Fsp3) is 0.529. The summed E-state index contributed by atoms with van der Waals surface area (Å²) >= 11 is 0. The van der Waals surface area contributed by atoms with E-state index in [2.05, 4.69) is 25.0 Å². The molecule has 2 saturated heterocycles. The van der Waals surface area contributed by atoms with Gasteiger partial charge in [-0.2, -0.15) is 4.39 Å². The molecular weight excluding hydrogens is 367 g/mol. The van der Waals surface area contributed by atoms with Crippen molar-refractivity contribution in [3.8, 4) is 0 Å². The van der Waals surface area contributed by atoms with Gasteiger partial charge >= 0.3 is 0 Å². The highest BCUT2D eigenvalue weighted by Gasteiger charge is 2.38. The van der Waals surface area contributed by atoms with Crippen molar-refractivity contribution < 1.29 is 14.0 Å². The summed E-state index contributed by atoms with van der Waals surface area (Å²) in [4.78, 5) is 39.6. The second-order valence-electron chi connectivity index (χ2n) is 7.12. The fourth-order valence-electron chi connectivity index (χ4n) is 4.10. The van der Waals surface area contributed by atoms with Gasteiger partial charge in [0.05, 0.1) is 12.4 Å². The number of rotatable bonds is 4. The highest BCUT2D eigenvalue weighted by Crippen LogP contribution is 2.32. The maximum absolute atomic E-state index is 13.0. The minimum Gasteiger partial charge on any atom is -0.363 e. The van der Waals surface area contributed by atoms with Crippen molar-refractivity contribution in [1.29, 1.82) is 0 Å². The second-order valence-corrected chi connectivity index (χ2v) is 7.12.